The molecule has 0 heterocycles. The molecule has 3 nitrogen and oxygen atoms in total. The van der Waals surface area contributed by atoms with Crippen LogP contribution in [-0.4, -0.2) is 13.1 Å². The Labute approximate surface area is 130 Å². The van der Waals surface area contributed by atoms with Crippen molar-refractivity contribution in [2.45, 2.75) is 5.33 Å². The van der Waals surface area contributed by atoms with Crippen molar-refractivity contribution in [1.29, 1.82) is 0 Å². The van der Waals surface area contributed by atoms with E-state index >= 15 is 0 Å². The van der Waals surface area contributed by atoms with Crippen molar-refractivity contribution in [2.24, 2.45) is 0 Å². The van der Waals surface area contributed by atoms with Crippen molar-refractivity contribution in [3.8, 4) is 11.5 Å². The third kappa shape index (κ3) is 3.14. The Morgan fingerprint density at radius 1 is 1.20 bits per heavy atom. The summed E-state index contributed by atoms with van der Waals surface area (Å²) in [6, 6.07) is 12.5. The van der Waals surface area contributed by atoms with Crippen molar-refractivity contribution >= 4 is 33.5 Å². The van der Waals surface area contributed by atoms with Gasteiger partial charge in [0, 0.05) is 10.9 Å². The summed E-state index contributed by atoms with van der Waals surface area (Å²) >= 11 is 9.54. The van der Waals surface area contributed by atoms with E-state index in [0.29, 0.717) is 33.0 Å². The molecular formula is C15H12BrClO3. The average Bonchev–Trinajstić information content (AvgIpc) is 2.49. The Balaban J connectivity index is 2.48. The van der Waals surface area contributed by atoms with Crippen LogP contribution in [0, 0.1) is 0 Å². The number of esters is 1. The first-order valence-corrected chi connectivity index (χ1v) is 7.36. The van der Waals surface area contributed by atoms with Gasteiger partial charge in [0.15, 0.2) is 5.75 Å². The minimum Gasteiger partial charge on any atom is -0.465 e. The molecule has 2 rings (SSSR count). The normalized spacial score (nSPS) is 10.2. The van der Waals surface area contributed by atoms with E-state index in [1.54, 1.807) is 12.1 Å². The van der Waals surface area contributed by atoms with E-state index in [2.05, 4.69) is 15.9 Å². The number of ether oxygens (including phenoxy) is 2. The first-order chi connectivity index (χ1) is 9.67. The molecule has 0 spiro atoms. The standard InChI is InChI=1S/C15H12BrClO3/c1-19-15(18)11-7-8-13(17)14(12(11)9-16)20-10-5-3-2-4-6-10/h2-8H,9H2,1H3. The van der Waals surface area contributed by atoms with Crippen molar-refractivity contribution in [3.63, 3.8) is 0 Å². The number of methoxy groups -OCH3 is 1. The third-order valence-electron chi connectivity index (χ3n) is 2.71. The van der Waals surface area contributed by atoms with Crippen molar-refractivity contribution in [3.05, 3.63) is 58.6 Å². The number of rotatable bonds is 4. The van der Waals surface area contributed by atoms with Gasteiger partial charge in [0.2, 0.25) is 0 Å². The quantitative estimate of drug-likeness (QED) is 0.583. The summed E-state index contributed by atoms with van der Waals surface area (Å²) in [6.07, 6.45) is 0. The Morgan fingerprint density at radius 2 is 1.90 bits per heavy atom. The molecule has 2 aromatic carbocycles. The molecule has 0 aliphatic carbocycles. The zero-order valence-electron chi connectivity index (χ0n) is 10.7. The third-order valence-corrected chi connectivity index (χ3v) is 3.57. The molecule has 0 saturated carbocycles. The number of hydrogen-bond acceptors (Lipinski definition) is 3. The second-order valence-corrected chi connectivity index (χ2v) is 4.91. The average molecular weight is 356 g/mol. The highest BCUT2D eigenvalue weighted by atomic mass is 79.9. The molecule has 0 unspecified atom stereocenters. The van der Waals surface area contributed by atoms with Gasteiger partial charge in [0.1, 0.15) is 5.75 Å². The summed E-state index contributed by atoms with van der Waals surface area (Å²) in [7, 11) is 1.34. The second kappa shape index (κ2) is 6.77. The molecule has 0 aliphatic rings. The largest absolute Gasteiger partial charge is 0.465 e. The van der Waals surface area contributed by atoms with Crippen LogP contribution in [0.1, 0.15) is 15.9 Å². The van der Waals surface area contributed by atoms with Crippen molar-refractivity contribution in [1.82, 2.24) is 0 Å². The monoisotopic (exact) mass is 354 g/mol. The van der Waals surface area contributed by atoms with Gasteiger partial charge in [-0.05, 0) is 24.3 Å². The van der Waals surface area contributed by atoms with E-state index in [9.17, 15) is 4.79 Å². The fraction of sp³-hybridized carbons (Fsp3) is 0.133. The molecule has 20 heavy (non-hydrogen) atoms. The molecule has 0 bridgehead atoms. The van der Waals surface area contributed by atoms with Gasteiger partial charge in [-0.1, -0.05) is 45.7 Å². The SMILES string of the molecule is COC(=O)c1ccc(Cl)c(Oc2ccccc2)c1CBr. The number of carbonyl (C=O) groups excluding carboxylic acids is 1. The van der Waals surface area contributed by atoms with Crippen LogP contribution in [0.3, 0.4) is 0 Å². The molecule has 0 saturated heterocycles. The van der Waals surface area contributed by atoms with Crippen LogP contribution >= 0.6 is 27.5 Å². The second-order valence-electron chi connectivity index (χ2n) is 3.94. The maximum atomic E-state index is 11.8. The van der Waals surface area contributed by atoms with E-state index in [-0.39, 0.29) is 0 Å². The highest BCUT2D eigenvalue weighted by molar-refractivity contribution is 9.08. The smallest absolute Gasteiger partial charge is 0.338 e. The van der Waals surface area contributed by atoms with Gasteiger partial charge < -0.3 is 9.47 Å². The molecule has 0 N–H and O–H groups in total. The predicted molar refractivity (Wildman–Crippen MR) is 81.9 cm³/mol. The fourth-order valence-electron chi connectivity index (χ4n) is 1.75. The van der Waals surface area contributed by atoms with E-state index in [1.165, 1.54) is 7.11 Å². The van der Waals surface area contributed by atoms with Crippen LogP contribution < -0.4 is 4.74 Å². The summed E-state index contributed by atoms with van der Waals surface area (Å²) in [5, 5.41) is 0.871. The zero-order valence-corrected chi connectivity index (χ0v) is 13.1. The van der Waals surface area contributed by atoms with Gasteiger partial charge in [-0.15, -0.1) is 0 Å². The summed E-state index contributed by atoms with van der Waals surface area (Å²) in [5.41, 5.74) is 1.09. The molecular weight excluding hydrogens is 344 g/mol. The molecule has 0 fully saturated rings. The first kappa shape index (κ1) is 14.9. The van der Waals surface area contributed by atoms with Crippen LogP contribution in [0.2, 0.25) is 5.02 Å². The number of para-hydroxylation sites is 1. The maximum absolute atomic E-state index is 11.8. The van der Waals surface area contributed by atoms with Crippen molar-refractivity contribution < 1.29 is 14.3 Å². The van der Waals surface area contributed by atoms with Crippen LogP contribution in [0.15, 0.2) is 42.5 Å². The molecule has 5 heteroatoms. The van der Waals surface area contributed by atoms with Gasteiger partial charge in [-0.2, -0.15) is 0 Å². The number of benzene rings is 2. The first-order valence-electron chi connectivity index (χ1n) is 5.86. The lowest BCUT2D eigenvalue weighted by Gasteiger charge is -2.14. The van der Waals surface area contributed by atoms with Crippen LogP contribution in [0.25, 0.3) is 0 Å². The van der Waals surface area contributed by atoms with Gasteiger partial charge in [0.05, 0.1) is 17.7 Å². The van der Waals surface area contributed by atoms with Gasteiger partial charge in [0.25, 0.3) is 0 Å². The lowest BCUT2D eigenvalue weighted by molar-refractivity contribution is 0.0599. The highest BCUT2D eigenvalue weighted by Gasteiger charge is 2.19. The fourth-order valence-corrected chi connectivity index (χ4v) is 2.52. The molecule has 0 aliphatic heterocycles. The van der Waals surface area contributed by atoms with Gasteiger partial charge in [-0.3, -0.25) is 0 Å². The van der Waals surface area contributed by atoms with E-state index in [4.69, 9.17) is 21.1 Å². The van der Waals surface area contributed by atoms with E-state index < -0.39 is 5.97 Å². The van der Waals surface area contributed by atoms with Crippen LogP contribution in [0.4, 0.5) is 0 Å². The molecule has 0 aromatic heterocycles. The lowest BCUT2D eigenvalue weighted by atomic mass is 10.1. The maximum Gasteiger partial charge on any atom is 0.338 e. The van der Waals surface area contributed by atoms with E-state index in [1.807, 2.05) is 30.3 Å². The predicted octanol–water partition coefficient (Wildman–Crippen LogP) is 4.81. The van der Waals surface area contributed by atoms with Gasteiger partial charge >= 0.3 is 5.97 Å². The number of halogens is 2. The Hall–Kier alpha value is -1.52. The van der Waals surface area contributed by atoms with Gasteiger partial charge in [-0.25, -0.2) is 4.79 Å². The molecule has 0 atom stereocenters. The van der Waals surface area contributed by atoms with Crippen LogP contribution in [0.5, 0.6) is 11.5 Å². The Kier molecular flexibility index (Phi) is 5.04. The van der Waals surface area contributed by atoms with Crippen molar-refractivity contribution in [2.75, 3.05) is 7.11 Å². The minimum atomic E-state index is -0.422. The highest BCUT2D eigenvalue weighted by Crippen LogP contribution is 2.36. The topological polar surface area (TPSA) is 35.5 Å². The number of alkyl halides is 1. The lowest BCUT2D eigenvalue weighted by Crippen LogP contribution is -2.06. The molecule has 104 valence electrons. The number of hydrogen-bond donors (Lipinski definition) is 0. The summed E-state index contributed by atoms with van der Waals surface area (Å²) in [6.45, 7) is 0. The van der Waals surface area contributed by atoms with Crippen LogP contribution in [-0.2, 0) is 10.1 Å². The molecule has 2 aromatic rings. The minimum absolute atomic E-state index is 0.422. The Bertz CT molecular complexity index is 614. The van der Waals surface area contributed by atoms with E-state index in [0.717, 1.165) is 0 Å². The molecule has 0 amide bonds. The number of carbonyl (C=O) groups is 1. The molecule has 0 radical (unpaired) electrons. The Morgan fingerprint density at radius 3 is 2.50 bits per heavy atom. The zero-order chi connectivity index (χ0) is 14.5. The summed E-state index contributed by atoms with van der Waals surface area (Å²) in [5.74, 6) is 0.685. The summed E-state index contributed by atoms with van der Waals surface area (Å²) < 4.78 is 10.6. The summed E-state index contributed by atoms with van der Waals surface area (Å²) in [4.78, 5) is 11.8.